The second kappa shape index (κ2) is 9.23. The molecule has 0 radical (unpaired) electrons. The molecule has 0 saturated heterocycles. The predicted octanol–water partition coefficient (Wildman–Crippen LogP) is 3.63. The Balaban J connectivity index is 1.67. The molecule has 0 amide bonds. The van der Waals surface area contributed by atoms with Crippen molar-refractivity contribution in [2.24, 2.45) is 0 Å². The first-order chi connectivity index (χ1) is 14.3. The number of benzene rings is 2. The summed E-state index contributed by atoms with van der Waals surface area (Å²) in [4.78, 5) is 12.4. The monoisotopic (exact) mass is 435 g/mol. The van der Waals surface area contributed by atoms with Crippen LogP contribution >= 0.6 is 11.6 Å². The highest BCUT2D eigenvalue weighted by Crippen LogP contribution is 2.23. The van der Waals surface area contributed by atoms with Crippen LogP contribution < -0.4 is 15.6 Å². The highest BCUT2D eigenvalue weighted by Gasteiger charge is 2.15. The largest absolute Gasteiger partial charge is 0.490 e. The molecule has 2 N–H and O–H groups in total. The van der Waals surface area contributed by atoms with Crippen LogP contribution in [0.2, 0.25) is 5.02 Å². The zero-order valence-corrected chi connectivity index (χ0v) is 17.1. The van der Waals surface area contributed by atoms with E-state index in [1.165, 1.54) is 6.20 Å². The second-order valence-electron chi connectivity index (χ2n) is 6.75. The number of aliphatic hydroxyl groups is 1. The minimum atomic E-state index is -0.944. The smallest absolute Gasteiger partial charge is 0.292 e. The summed E-state index contributed by atoms with van der Waals surface area (Å²) in [6, 6.07) is 8.51. The molecule has 0 fully saturated rings. The molecule has 1 atom stereocenters. The molecule has 9 heteroatoms. The first-order valence-corrected chi connectivity index (χ1v) is 9.50. The fraction of sp³-hybridized carbons (Fsp3) is 0.238. The van der Waals surface area contributed by atoms with Crippen molar-refractivity contribution in [3.63, 3.8) is 0 Å². The first kappa shape index (κ1) is 21.7. The van der Waals surface area contributed by atoms with E-state index in [1.807, 2.05) is 32.0 Å². The van der Waals surface area contributed by atoms with Gasteiger partial charge in [0.25, 0.3) is 5.56 Å². The van der Waals surface area contributed by atoms with E-state index in [0.717, 1.165) is 27.9 Å². The van der Waals surface area contributed by atoms with Gasteiger partial charge in [-0.15, -0.1) is 0 Å². The number of hydrogen-bond acceptors (Lipinski definition) is 5. The Morgan fingerprint density at radius 3 is 2.60 bits per heavy atom. The molecule has 0 aliphatic heterocycles. The summed E-state index contributed by atoms with van der Waals surface area (Å²) in [5.41, 5.74) is 1.08. The molecule has 158 valence electrons. The second-order valence-corrected chi connectivity index (χ2v) is 7.13. The van der Waals surface area contributed by atoms with Crippen LogP contribution in [0.3, 0.4) is 0 Å². The number of nitrogens with zero attached hydrogens (tertiary/aromatic N) is 2. The SMILES string of the molecule is Cc1cccc(C)c1OCC(O)CNc1cnn(-c2ccc(F)cc2F)c(=O)c1Cl. The minimum Gasteiger partial charge on any atom is -0.490 e. The maximum atomic E-state index is 13.9. The molecular formula is C21H20ClF2N3O3. The first-order valence-electron chi connectivity index (χ1n) is 9.12. The van der Waals surface area contributed by atoms with Crippen LogP contribution in [0.25, 0.3) is 5.69 Å². The lowest BCUT2D eigenvalue weighted by Gasteiger charge is -2.17. The number of rotatable bonds is 7. The number of ether oxygens (including phenoxy) is 1. The van der Waals surface area contributed by atoms with Crippen LogP contribution in [0, 0.1) is 25.5 Å². The molecule has 2 aromatic carbocycles. The van der Waals surface area contributed by atoms with Crippen molar-refractivity contribution >= 4 is 17.3 Å². The summed E-state index contributed by atoms with van der Waals surface area (Å²) in [7, 11) is 0. The fourth-order valence-electron chi connectivity index (χ4n) is 2.87. The van der Waals surface area contributed by atoms with E-state index in [4.69, 9.17) is 16.3 Å². The Labute approximate surface area is 176 Å². The van der Waals surface area contributed by atoms with Gasteiger partial charge in [-0.1, -0.05) is 29.8 Å². The van der Waals surface area contributed by atoms with E-state index < -0.39 is 23.3 Å². The highest BCUT2D eigenvalue weighted by atomic mass is 35.5. The van der Waals surface area contributed by atoms with E-state index in [0.29, 0.717) is 11.8 Å². The van der Waals surface area contributed by atoms with Gasteiger partial charge in [-0.3, -0.25) is 4.79 Å². The van der Waals surface area contributed by atoms with Gasteiger partial charge < -0.3 is 15.2 Å². The molecule has 3 rings (SSSR count). The summed E-state index contributed by atoms with van der Waals surface area (Å²) in [5, 5.41) is 16.7. The third-order valence-corrected chi connectivity index (χ3v) is 4.78. The zero-order valence-electron chi connectivity index (χ0n) is 16.3. The highest BCUT2D eigenvalue weighted by molar-refractivity contribution is 6.32. The number of aliphatic hydroxyl groups excluding tert-OH is 1. The average molecular weight is 436 g/mol. The summed E-state index contributed by atoms with van der Waals surface area (Å²) in [5.74, 6) is -1.01. The van der Waals surface area contributed by atoms with Crippen molar-refractivity contribution in [1.82, 2.24) is 9.78 Å². The van der Waals surface area contributed by atoms with Crippen molar-refractivity contribution in [2.45, 2.75) is 20.0 Å². The lowest BCUT2D eigenvalue weighted by molar-refractivity contribution is 0.117. The lowest BCUT2D eigenvalue weighted by atomic mass is 10.1. The van der Waals surface area contributed by atoms with E-state index in [-0.39, 0.29) is 29.5 Å². The molecule has 0 aliphatic carbocycles. The summed E-state index contributed by atoms with van der Waals surface area (Å²) in [6.07, 6.45) is 0.336. The normalized spacial score (nSPS) is 11.9. The van der Waals surface area contributed by atoms with Crippen LogP contribution in [0.5, 0.6) is 5.75 Å². The molecule has 1 aromatic heterocycles. The number of aromatic nitrogens is 2. The van der Waals surface area contributed by atoms with Gasteiger partial charge in [-0.05, 0) is 37.1 Å². The van der Waals surface area contributed by atoms with Crippen LogP contribution in [0.15, 0.2) is 47.4 Å². The summed E-state index contributed by atoms with van der Waals surface area (Å²) < 4.78 is 33.5. The number of para-hydroxylation sites is 1. The van der Waals surface area contributed by atoms with E-state index >= 15 is 0 Å². The molecule has 0 bridgehead atoms. The van der Waals surface area contributed by atoms with Gasteiger partial charge in [0.1, 0.15) is 35.0 Å². The quantitative estimate of drug-likeness (QED) is 0.592. The van der Waals surface area contributed by atoms with Gasteiger partial charge in [-0.25, -0.2) is 8.78 Å². The van der Waals surface area contributed by atoms with Crippen LogP contribution in [-0.2, 0) is 0 Å². The Morgan fingerprint density at radius 2 is 1.93 bits per heavy atom. The molecule has 30 heavy (non-hydrogen) atoms. The number of halogens is 3. The van der Waals surface area contributed by atoms with Gasteiger partial charge in [0.05, 0.1) is 11.9 Å². The number of aryl methyl sites for hydroxylation is 2. The van der Waals surface area contributed by atoms with Crippen molar-refractivity contribution in [3.8, 4) is 11.4 Å². The molecule has 3 aromatic rings. The standard InChI is InChI=1S/C21H20ClF2N3O3/c1-12-4-3-5-13(2)20(12)30-11-15(28)9-25-17-10-26-27(21(29)19(17)22)18-7-6-14(23)8-16(18)24/h3-8,10,15,25,28H,9,11H2,1-2H3. The average Bonchev–Trinajstić information content (AvgIpc) is 2.69. The van der Waals surface area contributed by atoms with Gasteiger partial charge in [0.15, 0.2) is 5.82 Å². The van der Waals surface area contributed by atoms with Gasteiger partial charge in [-0.2, -0.15) is 9.78 Å². The topological polar surface area (TPSA) is 76.4 Å². The minimum absolute atomic E-state index is 0.0294. The predicted molar refractivity (Wildman–Crippen MR) is 111 cm³/mol. The maximum Gasteiger partial charge on any atom is 0.292 e. The number of anilines is 1. The third kappa shape index (κ3) is 4.77. The summed E-state index contributed by atoms with van der Waals surface area (Å²) in [6.45, 7) is 3.90. The van der Waals surface area contributed by atoms with E-state index in [1.54, 1.807) is 0 Å². The number of nitrogens with one attached hydrogen (secondary N) is 1. The summed E-state index contributed by atoms with van der Waals surface area (Å²) >= 11 is 6.08. The van der Waals surface area contributed by atoms with Gasteiger partial charge in [0, 0.05) is 12.6 Å². The molecule has 0 saturated carbocycles. The van der Waals surface area contributed by atoms with Crippen LogP contribution in [0.1, 0.15) is 11.1 Å². The van der Waals surface area contributed by atoms with Gasteiger partial charge in [0.2, 0.25) is 0 Å². The lowest BCUT2D eigenvalue weighted by Crippen LogP contribution is -2.28. The van der Waals surface area contributed by atoms with Crippen molar-refractivity contribution in [3.05, 3.63) is 80.7 Å². The van der Waals surface area contributed by atoms with Crippen molar-refractivity contribution in [1.29, 1.82) is 0 Å². The Morgan fingerprint density at radius 1 is 1.23 bits per heavy atom. The van der Waals surface area contributed by atoms with Crippen LogP contribution in [-0.4, -0.2) is 34.1 Å². The third-order valence-electron chi connectivity index (χ3n) is 4.41. The molecule has 0 spiro atoms. The number of hydrogen-bond donors (Lipinski definition) is 2. The molecule has 6 nitrogen and oxygen atoms in total. The zero-order chi connectivity index (χ0) is 21.8. The van der Waals surface area contributed by atoms with E-state index in [2.05, 4.69) is 10.4 Å². The molecular weight excluding hydrogens is 416 g/mol. The Kier molecular flexibility index (Phi) is 6.69. The Hall–Kier alpha value is -2.97. The van der Waals surface area contributed by atoms with Crippen LogP contribution in [0.4, 0.5) is 14.5 Å². The maximum absolute atomic E-state index is 13.9. The Bertz CT molecular complexity index is 1100. The molecule has 0 aliphatic rings. The van der Waals surface area contributed by atoms with Crippen molar-refractivity contribution < 1.29 is 18.6 Å². The fourth-order valence-corrected chi connectivity index (χ4v) is 3.07. The van der Waals surface area contributed by atoms with Gasteiger partial charge >= 0.3 is 0 Å². The van der Waals surface area contributed by atoms with Crippen molar-refractivity contribution in [2.75, 3.05) is 18.5 Å². The van der Waals surface area contributed by atoms with E-state index in [9.17, 15) is 18.7 Å². The molecule has 1 heterocycles. The molecule has 1 unspecified atom stereocenters.